The van der Waals surface area contributed by atoms with E-state index in [0.717, 1.165) is 6.42 Å². The summed E-state index contributed by atoms with van der Waals surface area (Å²) in [6.45, 7) is 0.534. The number of aromatic nitrogens is 4. The van der Waals surface area contributed by atoms with Crippen molar-refractivity contribution in [1.82, 2.24) is 30.8 Å². The highest BCUT2D eigenvalue weighted by Gasteiger charge is 2.33. The third-order valence-electron chi connectivity index (χ3n) is 5.14. The quantitative estimate of drug-likeness (QED) is 0.828. The van der Waals surface area contributed by atoms with E-state index in [0.29, 0.717) is 31.1 Å². The molecule has 23 heavy (non-hydrogen) atoms. The van der Waals surface area contributed by atoms with Gasteiger partial charge in [-0.15, -0.1) is 5.10 Å². The first-order valence-corrected chi connectivity index (χ1v) is 9.07. The van der Waals surface area contributed by atoms with Gasteiger partial charge in [0.15, 0.2) is 0 Å². The summed E-state index contributed by atoms with van der Waals surface area (Å²) in [5, 5.41) is 17.9. The standard InChI is InChI=1S/C16H28N6O/c23-16(10-11-22-12-17-20-21-22)19-15-9-8-14(15)18-13-6-4-2-1-3-5-7-13/h12-15,18H,1-11H2,(H,19,23)/t14-,15+/m1/s1. The normalized spacial score (nSPS) is 26.1. The van der Waals surface area contributed by atoms with E-state index in [4.69, 9.17) is 0 Å². The lowest BCUT2D eigenvalue weighted by atomic mass is 9.84. The lowest BCUT2D eigenvalue weighted by molar-refractivity contribution is -0.123. The molecule has 1 aromatic rings. The Morgan fingerprint density at radius 2 is 1.78 bits per heavy atom. The Hall–Kier alpha value is -1.50. The van der Waals surface area contributed by atoms with Gasteiger partial charge in [0, 0.05) is 24.5 Å². The largest absolute Gasteiger partial charge is 0.352 e. The maximum atomic E-state index is 12.1. The molecule has 0 spiro atoms. The highest BCUT2D eigenvalue weighted by atomic mass is 16.1. The van der Waals surface area contributed by atoms with Gasteiger partial charge in [-0.05, 0) is 36.1 Å². The first-order valence-electron chi connectivity index (χ1n) is 9.07. The molecule has 0 aromatic carbocycles. The molecule has 0 aliphatic heterocycles. The third-order valence-corrected chi connectivity index (χ3v) is 5.14. The van der Waals surface area contributed by atoms with Crippen LogP contribution in [0.15, 0.2) is 6.33 Å². The van der Waals surface area contributed by atoms with E-state index in [1.165, 1.54) is 57.7 Å². The minimum absolute atomic E-state index is 0.0923. The number of rotatable bonds is 6. The smallest absolute Gasteiger partial charge is 0.222 e. The zero-order valence-corrected chi connectivity index (χ0v) is 13.8. The zero-order valence-electron chi connectivity index (χ0n) is 13.8. The van der Waals surface area contributed by atoms with E-state index < -0.39 is 0 Å². The number of amides is 1. The number of tetrazole rings is 1. The molecule has 7 nitrogen and oxygen atoms in total. The summed E-state index contributed by atoms with van der Waals surface area (Å²) in [5.74, 6) is 0.0923. The Labute approximate surface area is 137 Å². The van der Waals surface area contributed by atoms with Crippen molar-refractivity contribution in [3.63, 3.8) is 0 Å². The molecule has 2 aliphatic rings. The van der Waals surface area contributed by atoms with Crippen LogP contribution in [0.1, 0.15) is 64.2 Å². The minimum atomic E-state index is 0.0923. The van der Waals surface area contributed by atoms with Gasteiger partial charge < -0.3 is 10.6 Å². The topological polar surface area (TPSA) is 84.7 Å². The lowest BCUT2D eigenvalue weighted by Crippen LogP contribution is -2.59. The number of aryl methyl sites for hydroxylation is 1. The van der Waals surface area contributed by atoms with Crippen molar-refractivity contribution in [2.75, 3.05) is 0 Å². The van der Waals surface area contributed by atoms with Crippen molar-refractivity contribution in [3.8, 4) is 0 Å². The van der Waals surface area contributed by atoms with Crippen LogP contribution in [0.2, 0.25) is 0 Å². The van der Waals surface area contributed by atoms with Gasteiger partial charge in [-0.2, -0.15) is 0 Å². The Balaban J connectivity index is 1.37. The number of hydrogen-bond donors (Lipinski definition) is 2. The molecule has 0 saturated heterocycles. The van der Waals surface area contributed by atoms with Crippen LogP contribution in [0.25, 0.3) is 0 Å². The van der Waals surface area contributed by atoms with E-state index in [9.17, 15) is 4.79 Å². The van der Waals surface area contributed by atoms with E-state index in [-0.39, 0.29) is 5.91 Å². The molecule has 0 radical (unpaired) electrons. The molecule has 1 aromatic heterocycles. The average Bonchev–Trinajstić information content (AvgIpc) is 3.02. The fraction of sp³-hybridized carbons (Fsp3) is 0.875. The molecular formula is C16H28N6O. The number of carbonyl (C=O) groups is 1. The maximum absolute atomic E-state index is 12.1. The molecule has 1 amide bonds. The van der Waals surface area contributed by atoms with Crippen molar-refractivity contribution in [3.05, 3.63) is 6.33 Å². The molecule has 0 bridgehead atoms. The summed E-state index contributed by atoms with van der Waals surface area (Å²) in [7, 11) is 0. The van der Waals surface area contributed by atoms with Gasteiger partial charge in [0.25, 0.3) is 0 Å². The van der Waals surface area contributed by atoms with Crippen molar-refractivity contribution < 1.29 is 4.79 Å². The highest BCUT2D eigenvalue weighted by Crippen LogP contribution is 2.24. The van der Waals surface area contributed by atoms with Crippen molar-refractivity contribution in [2.45, 2.75) is 88.9 Å². The summed E-state index contributed by atoms with van der Waals surface area (Å²) >= 11 is 0. The SMILES string of the molecule is O=C(CCn1cnnn1)N[C@H]1CC[C@H]1NC1CCCCCCC1. The van der Waals surface area contributed by atoms with Crippen LogP contribution in [-0.4, -0.2) is 44.2 Å². The molecule has 2 atom stereocenters. The van der Waals surface area contributed by atoms with Crippen molar-refractivity contribution >= 4 is 5.91 Å². The zero-order chi connectivity index (χ0) is 15.9. The molecular weight excluding hydrogens is 292 g/mol. The van der Waals surface area contributed by atoms with Crippen LogP contribution >= 0.6 is 0 Å². The van der Waals surface area contributed by atoms with Crippen LogP contribution in [0, 0.1) is 0 Å². The van der Waals surface area contributed by atoms with Gasteiger partial charge in [-0.3, -0.25) is 4.79 Å². The Kier molecular flexibility index (Phi) is 5.96. The minimum Gasteiger partial charge on any atom is -0.352 e. The van der Waals surface area contributed by atoms with Crippen LogP contribution in [-0.2, 0) is 11.3 Å². The molecule has 2 N–H and O–H groups in total. The maximum Gasteiger partial charge on any atom is 0.222 e. The van der Waals surface area contributed by atoms with Crippen LogP contribution in [0.3, 0.4) is 0 Å². The number of hydrogen-bond acceptors (Lipinski definition) is 5. The van der Waals surface area contributed by atoms with Gasteiger partial charge in [-0.1, -0.05) is 32.1 Å². The van der Waals surface area contributed by atoms with E-state index in [1.807, 2.05) is 0 Å². The molecule has 2 saturated carbocycles. The summed E-state index contributed by atoms with van der Waals surface area (Å²) < 4.78 is 1.59. The second-order valence-corrected chi connectivity index (χ2v) is 6.89. The summed E-state index contributed by atoms with van der Waals surface area (Å²) in [6.07, 6.45) is 13.6. The number of carbonyl (C=O) groups excluding carboxylic acids is 1. The molecule has 2 fully saturated rings. The van der Waals surface area contributed by atoms with Crippen molar-refractivity contribution in [1.29, 1.82) is 0 Å². The van der Waals surface area contributed by atoms with E-state index in [1.54, 1.807) is 4.68 Å². The monoisotopic (exact) mass is 320 g/mol. The summed E-state index contributed by atoms with van der Waals surface area (Å²) in [5.41, 5.74) is 0. The molecule has 128 valence electrons. The fourth-order valence-electron chi connectivity index (χ4n) is 3.58. The third kappa shape index (κ3) is 4.99. The lowest BCUT2D eigenvalue weighted by Gasteiger charge is -2.40. The first-order chi connectivity index (χ1) is 11.3. The second-order valence-electron chi connectivity index (χ2n) is 6.89. The van der Waals surface area contributed by atoms with Gasteiger partial charge >= 0.3 is 0 Å². The van der Waals surface area contributed by atoms with Gasteiger partial charge in [0.1, 0.15) is 6.33 Å². The summed E-state index contributed by atoms with van der Waals surface area (Å²) in [4.78, 5) is 12.1. The van der Waals surface area contributed by atoms with Crippen LogP contribution in [0.4, 0.5) is 0 Å². The van der Waals surface area contributed by atoms with Crippen molar-refractivity contribution in [2.24, 2.45) is 0 Å². The van der Waals surface area contributed by atoms with Gasteiger partial charge in [-0.25, -0.2) is 4.68 Å². The number of nitrogens with one attached hydrogen (secondary N) is 2. The first kappa shape index (κ1) is 16.4. The number of nitrogens with zero attached hydrogens (tertiary/aromatic N) is 4. The van der Waals surface area contributed by atoms with Gasteiger partial charge in [0.05, 0.1) is 6.54 Å². The molecule has 7 heteroatoms. The molecule has 1 heterocycles. The Morgan fingerprint density at radius 3 is 2.43 bits per heavy atom. The Morgan fingerprint density at radius 1 is 1.04 bits per heavy atom. The predicted molar refractivity (Wildman–Crippen MR) is 86.6 cm³/mol. The second kappa shape index (κ2) is 8.38. The van der Waals surface area contributed by atoms with Gasteiger partial charge in [0.2, 0.25) is 5.91 Å². The average molecular weight is 320 g/mol. The molecule has 0 unspecified atom stereocenters. The van der Waals surface area contributed by atoms with E-state index in [2.05, 4.69) is 26.2 Å². The Bertz CT molecular complexity index is 469. The predicted octanol–water partition coefficient (Wildman–Crippen LogP) is 1.41. The van der Waals surface area contributed by atoms with Crippen LogP contribution in [0.5, 0.6) is 0 Å². The van der Waals surface area contributed by atoms with Crippen LogP contribution < -0.4 is 10.6 Å². The molecule has 3 rings (SSSR count). The van der Waals surface area contributed by atoms with E-state index >= 15 is 0 Å². The fourth-order valence-corrected chi connectivity index (χ4v) is 3.58. The molecule has 2 aliphatic carbocycles. The summed E-state index contributed by atoms with van der Waals surface area (Å²) in [6, 6.07) is 1.39. The highest BCUT2D eigenvalue weighted by molar-refractivity contribution is 5.76.